The Hall–Kier alpha value is -2.37. The zero-order chi connectivity index (χ0) is 15.8. The van der Waals surface area contributed by atoms with Crippen LogP contribution in [0.4, 0.5) is 0 Å². The van der Waals surface area contributed by atoms with E-state index in [1.54, 1.807) is 31.2 Å². The monoisotopic (exact) mass is 303 g/mol. The molecule has 6 heteroatoms. The second-order valence-corrected chi connectivity index (χ2v) is 5.01. The van der Waals surface area contributed by atoms with Gasteiger partial charge < -0.3 is 14.6 Å². The fourth-order valence-electron chi connectivity index (χ4n) is 1.93. The highest BCUT2D eigenvalue weighted by molar-refractivity contribution is 5.94. The Labute approximate surface area is 129 Å². The minimum atomic E-state index is -0.0588. The van der Waals surface area contributed by atoms with Crippen LogP contribution in [0, 0.1) is 6.92 Å². The van der Waals surface area contributed by atoms with Crippen molar-refractivity contribution in [2.24, 2.45) is 0 Å². The number of nitrogens with one attached hydrogen (secondary N) is 1. The highest BCUT2D eigenvalue weighted by Crippen LogP contribution is 2.13. The molecule has 118 valence electrons. The van der Waals surface area contributed by atoms with Crippen molar-refractivity contribution < 1.29 is 14.1 Å². The van der Waals surface area contributed by atoms with Gasteiger partial charge in [0.25, 0.3) is 5.91 Å². The van der Waals surface area contributed by atoms with Crippen molar-refractivity contribution in [3.8, 4) is 5.75 Å². The number of carbonyl (C=O) groups excluding carboxylic acids is 1. The minimum Gasteiger partial charge on any atom is -0.485 e. The van der Waals surface area contributed by atoms with E-state index in [0.29, 0.717) is 29.6 Å². The summed E-state index contributed by atoms with van der Waals surface area (Å²) in [6.07, 6.45) is 3.28. The SMILES string of the molecule is CCCCCNC(=O)c1ccc(OCc2noc(C)n2)cc1. The molecule has 0 aliphatic heterocycles. The average Bonchev–Trinajstić information content (AvgIpc) is 2.95. The van der Waals surface area contributed by atoms with Gasteiger partial charge in [-0.15, -0.1) is 0 Å². The first-order chi connectivity index (χ1) is 10.7. The van der Waals surface area contributed by atoms with Gasteiger partial charge in [-0.25, -0.2) is 0 Å². The first-order valence-corrected chi connectivity index (χ1v) is 7.49. The molecule has 1 N–H and O–H groups in total. The van der Waals surface area contributed by atoms with Gasteiger partial charge in [0, 0.05) is 19.0 Å². The molecule has 0 atom stereocenters. The highest BCUT2D eigenvalue weighted by Gasteiger charge is 2.06. The molecular formula is C16H21N3O3. The zero-order valence-corrected chi connectivity index (χ0v) is 13.0. The van der Waals surface area contributed by atoms with Crippen molar-refractivity contribution in [1.82, 2.24) is 15.5 Å². The van der Waals surface area contributed by atoms with E-state index in [-0.39, 0.29) is 12.5 Å². The maximum Gasteiger partial charge on any atom is 0.251 e. The second kappa shape index (κ2) is 8.17. The van der Waals surface area contributed by atoms with Crippen LogP contribution in [0.25, 0.3) is 0 Å². The Morgan fingerprint density at radius 1 is 1.27 bits per heavy atom. The molecule has 0 unspecified atom stereocenters. The van der Waals surface area contributed by atoms with Crippen LogP contribution >= 0.6 is 0 Å². The first-order valence-electron chi connectivity index (χ1n) is 7.49. The first kappa shape index (κ1) is 16.0. The van der Waals surface area contributed by atoms with Crippen LogP contribution in [-0.4, -0.2) is 22.6 Å². The van der Waals surface area contributed by atoms with Crippen LogP contribution in [0.15, 0.2) is 28.8 Å². The lowest BCUT2D eigenvalue weighted by Crippen LogP contribution is -2.24. The molecule has 1 aromatic heterocycles. The van der Waals surface area contributed by atoms with E-state index >= 15 is 0 Å². The van der Waals surface area contributed by atoms with E-state index in [1.807, 2.05) is 0 Å². The maximum absolute atomic E-state index is 11.9. The number of hydrogen-bond donors (Lipinski definition) is 1. The fraction of sp³-hybridized carbons (Fsp3) is 0.438. The molecule has 0 spiro atoms. The van der Waals surface area contributed by atoms with Crippen molar-refractivity contribution >= 4 is 5.91 Å². The van der Waals surface area contributed by atoms with Crippen LogP contribution in [-0.2, 0) is 6.61 Å². The molecule has 1 heterocycles. The van der Waals surface area contributed by atoms with Gasteiger partial charge in [-0.3, -0.25) is 4.79 Å². The predicted molar refractivity (Wildman–Crippen MR) is 81.7 cm³/mol. The summed E-state index contributed by atoms with van der Waals surface area (Å²) in [6, 6.07) is 7.00. The number of benzene rings is 1. The van der Waals surface area contributed by atoms with Crippen LogP contribution in [0.2, 0.25) is 0 Å². The van der Waals surface area contributed by atoms with Crippen molar-refractivity contribution in [2.75, 3.05) is 6.54 Å². The summed E-state index contributed by atoms with van der Waals surface area (Å²) in [5, 5.41) is 6.65. The summed E-state index contributed by atoms with van der Waals surface area (Å²) in [5.74, 6) is 1.60. The Morgan fingerprint density at radius 3 is 2.68 bits per heavy atom. The maximum atomic E-state index is 11.9. The van der Waals surface area contributed by atoms with Gasteiger partial charge in [-0.1, -0.05) is 24.9 Å². The van der Waals surface area contributed by atoms with E-state index in [9.17, 15) is 4.79 Å². The lowest BCUT2D eigenvalue weighted by Gasteiger charge is -2.06. The molecule has 1 amide bonds. The summed E-state index contributed by atoms with van der Waals surface area (Å²) < 4.78 is 10.4. The number of nitrogens with zero attached hydrogens (tertiary/aromatic N) is 2. The molecular weight excluding hydrogens is 282 g/mol. The average molecular weight is 303 g/mol. The third-order valence-corrected chi connectivity index (χ3v) is 3.12. The summed E-state index contributed by atoms with van der Waals surface area (Å²) >= 11 is 0. The number of amides is 1. The third kappa shape index (κ3) is 4.87. The molecule has 0 radical (unpaired) electrons. The second-order valence-electron chi connectivity index (χ2n) is 5.01. The molecule has 2 rings (SSSR count). The third-order valence-electron chi connectivity index (χ3n) is 3.12. The number of aryl methyl sites for hydroxylation is 1. The molecule has 0 aliphatic carbocycles. The number of aromatic nitrogens is 2. The lowest BCUT2D eigenvalue weighted by atomic mass is 10.2. The number of hydrogen-bond acceptors (Lipinski definition) is 5. The van der Waals surface area contributed by atoms with Gasteiger partial charge in [0.1, 0.15) is 5.75 Å². The molecule has 2 aromatic rings. The van der Waals surface area contributed by atoms with Gasteiger partial charge in [-0.2, -0.15) is 4.98 Å². The number of ether oxygens (including phenoxy) is 1. The highest BCUT2D eigenvalue weighted by atomic mass is 16.5. The van der Waals surface area contributed by atoms with Crippen LogP contribution in [0.5, 0.6) is 5.75 Å². The van der Waals surface area contributed by atoms with Gasteiger partial charge in [0.2, 0.25) is 11.7 Å². The van der Waals surface area contributed by atoms with Crippen LogP contribution in [0.3, 0.4) is 0 Å². The lowest BCUT2D eigenvalue weighted by molar-refractivity contribution is 0.0953. The Bertz CT molecular complexity index is 593. The zero-order valence-electron chi connectivity index (χ0n) is 13.0. The van der Waals surface area contributed by atoms with E-state index in [1.165, 1.54) is 0 Å². The smallest absolute Gasteiger partial charge is 0.251 e. The van der Waals surface area contributed by atoms with Crippen molar-refractivity contribution in [3.05, 3.63) is 41.5 Å². The molecule has 0 aliphatic rings. The topological polar surface area (TPSA) is 77.2 Å². The Kier molecular flexibility index (Phi) is 5.94. The molecule has 22 heavy (non-hydrogen) atoms. The summed E-state index contributed by atoms with van der Waals surface area (Å²) in [6.45, 7) is 4.81. The molecule has 1 aromatic carbocycles. The van der Waals surface area contributed by atoms with Crippen LogP contribution < -0.4 is 10.1 Å². The summed E-state index contributed by atoms with van der Waals surface area (Å²) in [7, 11) is 0. The number of carbonyl (C=O) groups is 1. The van der Waals surface area contributed by atoms with E-state index in [2.05, 4.69) is 22.4 Å². The van der Waals surface area contributed by atoms with Gasteiger partial charge >= 0.3 is 0 Å². The normalized spacial score (nSPS) is 10.5. The molecule has 6 nitrogen and oxygen atoms in total. The quantitative estimate of drug-likeness (QED) is 0.759. The van der Waals surface area contributed by atoms with Crippen molar-refractivity contribution in [2.45, 2.75) is 39.7 Å². The molecule has 0 fully saturated rings. The molecule has 0 saturated carbocycles. The Morgan fingerprint density at radius 2 is 2.05 bits per heavy atom. The summed E-state index contributed by atoms with van der Waals surface area (Å²) in [4.78, 5) is 16.0. The van der Waals surface area contributed by atoms with Gasteiger partial charge in [0.05, 0.1) is 0 Å². The van der Waals surface area contributed by atoms with E-state index in [4.69, 9.17) is 9.26 Å². The minimum absolute atomic E-state index is 0.0588. The standard InChI is InChI=1S/C16H21N3O3/c1-3-4-5-10-17-16(20)13-6-8-14(9-7-13)21-11-15-18-12(2)22-19-15/h6-9H,3-5,10-11H2,1-2H3,(H,17,20). The van der Waals surface area contributed by atoms with E-state index < -0.39 is 0 Å². The van der Waals surface area contributed by atoms with Crippen molar-refractivity contribution in [3.63, 3.8) is 0 Å². The predicted octanol–water partition coefficient (Wildman–Crippen LogP) is 2.88. The Balaban J connectivity index is 1.80. The molecule has 0 bridgehead atoms. The largest absolute Gasteiger partial charge is 0.485 e. The number of rotatable bonds is 8. The van der Waals surface area contributed by atoms with E-state index in [0.717, 1.165) is 19.3 Å². The van der Waals surface area contributed by atoms with Crippen LogP contribution in [0.1, 0.15) is 48.3 Å². The van der Waals surface area contributed by atoms with Crippen molar-refractivity contribution in [1.29, 1.82) is 0 Å². The van der Waals surface area contributed by atoms with Gasteiger partial charge in [0.15, 0.2) is 6.61 Å². The van der Waals surface area contributed by atoms with Gasteiger partial charge in [-0.05, 0) is 30.7 Å². The summed E-state index contributed by atoms with van der Waals surface area (Å²) in [5.41, 5.74) is 0.624. The fourth-order valence-corrected chi connectivity index (χ4v) is 1.93. The number of unbranched alkanes of at least 4 members (excludes halogenated alkanes) is 2. The molecule has 0 saturated heterocycles.